The summed E-state index contributed by atoms with van der Waals surface area (Å²) >= 11 is 1.27. The summed E-state index contributed by atoms with van der Waals surface area (Å²) in [7, 11) is -1.66. The van der Waals surface area contributed by atoms with Crippen molar-refractivity contribution >= 4 is 21.4 Å². The van der Waals surface area contributed by atoms with Gasteiger partial charge in [0.2, 0.25) is 0 Å². The van der Waals surface area contributed by atoms with Crippen LogP contribution in [0.3, 0.4) is 0 Å². The smallest absolute Gasteiger partial charge is 0.250 e. The molecule has 0 saturated carbocycles. The van der Waals surface area contributed by atoms with Gasteiger partial charge in [-0.1, -0.05) is 0 Å². The molecule has 2 aromatic rings. The summed E-state index contributed by atoms with van der Waals surface area (Å²) in [5.41, 5.74) is 0.801. The molecule has 6 nitrogen and oxygen atoms in total. The Bertz CT molecular complexity index is 619. The molecule has 1 atom stereocenters. The molecule has 0 aliphatic rings. The molecule has 0 amide bonds. The lowest BCUT2D eigenvalue weighted by Crippen LogP contribution is -2.25. The van der Waals surface area contributed by atoms with Crippen molar-refractivity contribution in [1.82, 2.24) is 20.2 Å². The Morgan fingerprint density at radius 2 is 2.26 bits per heavy atom. The Balaban J connectivity index is 2.13. The molecule has 2 aromatic heterocycles. The second-order valence-electron chi connectivity index (χ2n) is 4.13. The summed E-state index contributed by atoms with van der Waals surface area (Å²) < 4.78 is 27.4. The second-order valence-corrected chi connectivity index (χ2v) is 7.23. The van der Waals surface area contributed by atoms with Crippen LogP contribution in [0.2, 0.25) is 0 Å². The highest BCUT2D eigenvalue weighted by molar-refractivity contribution is 7.91. The molecule has 0 saturated heterocycles. The summed E-state index contributed by atoms with van der Waals surface area (Å²) in [4.78, 5) is 0.985. The normalized spacial score (nSPS) is 13.6. The number of nitrogens with zero attached hydrogens (tertiary/aromatic N) is 1. The van der Waals surface area contributed by atoms with Gasteiger partial charge >= 0.3 is 0 Å². The third-order valence-corrected chi connectivity index (χ3v) is 5.72. The maximum Gasteiger partial charge on any atom is 0.250 e. The Morgan fingerprint density at radius 3 is 2.89 bits per heavy atom. The Kier molecular flexibility index (Phi) is 4.35. The monoisotopic (exact) mass is 300 g/mol. The molecule has 0 aliphatic heterocycles. The number of H-pyrrole nitrogens is 1. The molecular weight excluding hydrogens is 284 g/mol. The number of sulfonamides is 1. The summed E-state index contributed by atoms with van der Waals surface area (Å²) in [6, 6.07) is 3.12. The first kappa shape index (κ1) is 14.2. The zero-order valence-electron chi connectivity index (χ0n) is 10.7. The molecule has 2 rings (SSSR count). The van der Waals surface area contributed by atoms with E-state index in [1.54, 1.807) is 25.4 Å². The van der Waals surface area contributed by atoms with Crippen molar-refractivity contribution < 1.29 is 8.42 Å². The molecule has 8 heteroatoms. The van der Waals surface area contributed by atoms with Gasteiger partial charge in [-0.15, -0.1) is 11.3 Å². The molecule has 0 bridgehead atoms. The van der Waals surface area contributed by atoms with E-state index in [1.807, 2.05) is 13.1 Å². The molecule has 1 unspecified atom stereocenters. The van der Waals surface area contributed by atoms with Gasteiger partial charge in [0.05, 0.1) is 6.20 Å². The van der Waals surface area contributed by atoms with Crippen molar-refractivity contribution in [3.8, 4) is 0 Å². The van der Waals surface area contributed by atoms with E-state index in [0.717, 1.165) is 10.4 Å². The average molecular weight is 300 g/mol. The molecule has 2 heterocycles. The summed E-state index contributed by atoms with van der Waals surface area (Å²) in [6.45, 7) is 2.45. The van der Waals surface area contributed by atoms with Crippen molar-refractivity contribution in [3.63, 3.8) is 0 Å². The topological polar surface area (TPSA) is 86.9 Å². The molecule has 3 N–H and O–H groups in total. The van der Waals surface area contributed by atoms with Gasteiger partial charge in [0.25, 0.3) is 10.0 Å². The van der Waals surface area contributed by atoms with Crippen LogP contribution in [0.4, 0.5) is 0 Å². The van der Waals surface area contributed by atoms with Gasteiger partial charge in [0.1, 0.15) is 4.21 Å². The highest BCUT2D eigenvalue weighted by atomic mass is 32.2. The molecule has 0 aliphatic carbocycles. The van der Waals surface area contributed by atoms with Crippen molar-refractivity contribution in [2.75, 3.05) is 7.05 Å². The minimum Gasteiger partial charge on any atom is -0.315 e. The van der Waals surface area contributed by atoms with Crippen LogP contribution in [0.5, 0.6) is 0 Å². The summed E-state index contributed by atoms with van der Waals surface area (Å²) in [6.07, 6.45) is 3.28. The van der Waals surface area contributed by atoms with Gasteiger partial charge < -0.3 is 5.32 Å². The molecule has 0 fully saturated rings. The van der Waals surface area contributed by atoms with Gasteiger partial charge in [0, 0.05) is 29.2 Å². The molecular formula is C11H16N4O2S2. The SMILES string of the molecule is CNCc1ccc(S(=O)(=O)NC(C)c2cn[nH]c2)s1. The first-order valence-electron chi connectivity index (χ1n) is 5.77. The Labute approximate surface area is 116 Å². The van der Waals surface area contributed by atoms with Crippen LogP contribution in [-0.2, 0) is 16.6 Å². The van der Waals surface area contributed by atoms with Crippen LogP contribution in [0.15, 0.2) is 28.7 Å². The van der Waals surface area contributed by atoms with Crippen LogP contribution in [-0.4, -0.2) is 25.7 Å². The lowest BCUT2D eigenvalue weighted by Gasteiger charge is -2.11. The highest BCUT2D eigenvalue weighted by Crippen LogP contribution is 2.23. The van der Waals surface area contributed by atoms with Gasteiger partial charge in [-0.25, -0.2) is 13.1 Å². The third-order valence-electron chi connectivity index (χ3n) is 2.60. The number of aromatic nitrogens is 2. The Morgan fingerprint density at radius 1 is 1.47 bits per heavy atom. The van der Waals surface area contributed by atoms with Crippen LogP contribution < -0.4 is 10.0 Å². The van der Waals surface area contributed by atoms with E-state index in [4.69, 9.17) is 0 Å². The molecule has 0 radical (unpaired) electrons. The molecule has 19 heavy (non-hydrogen) atoms. The van der Waals surface area contributed by atoms with Gasteiger partial charge in [-0.05, 0) is 26.1 Å². The Hall–Kier alpha value is -1.22. The third kappa shape index (κ3) is 3.41. The van der Waals surface area contributed by atoms with Crippen LogP contribution in [0.25, 0.3) is 0 Å². The second kappa shape index (κ2) is 5.83. The van der Waals surface area contributed by atoms with Gasteiger partial charge in [-0.3, -0.25) is 5.10 Å². The zero-order valence-corrected chi connectivity index (χ0v) is 12.3. The van der Waals surface area contributed by atoms with Gasteiger partial charge in [-0.2, -0.15) is 5.10 Å². The zero-order chi connectivity index (χ0) is 13.9. The van der Waals surface area contributed by atoms with Crippen LogP contribution in [0.1, 0.15) is 23.4 Å². The molecule has 104 valence electrons. The number of aromatic amines is 1. The summed E-state index contributed by atoms with van der Waals surface area (Å²) in [5, 5.41) is 9.47. The highest BCUT2D eigenvalue weighted by Gasteiger charge is 2.20. The first-order valence-corrected chi connectivity index (χ1v) is 8.07. The average Bonchev–Trinajstić information content (AvgIpc) is 2.99. The fraction of sp³-hybridized carbons (Fsp3) is 0.364. The number of nitrogens with one attached hydrogen (secondary N) is 3. The molecule has 0 aromatic carbocycles. The molecule has 0 spiro atoms. The van der Waals surface area contributed by atoms with Crippen molar-refractivity contribution in [2.24, 2.45) is 0 Å². The van der Waals surface area contributed by atoms with E-state index in [0.29, 0.717) is 10.8 Å². The largest absolute Gasteiger partial charge is 0.315 e. The lowest BCUT2D eigenvalue weighted by molar-refractivity contribution is 0.569. The minimum atomic E-state index is -3.48. The standard InChI is InChI=1S/C11H16N4O2S2/c1-8(9-5-13-14-6-9)15-19(16,17)11-4-3-10(18-11)7-12-2/h3-6,8,12,15H,7H2,1-2H3,(H,13,14). The fourth-order valence-electron chi connectivity index (χ4n) is 1.63. The van der Waals surface area contributed by atoms with E-state index in [-0.39, 0.29) is 6.04 Å². The van der Waals surface area contributed by atoms with E-state index in [1.165, 1.54) is 11.3 Å². The van der Waals surface area contributed by atoms with E-state index in [2.05, 4.69) is 20.2 Å². The van der Waals surface area contributed by atoms with E-state index < -0.39 is 10.0 Å². The summed E-state index contributed by atoms with van der Waals surface area (Å²) in [5.74, 6) is 0. The van der Waals surface area contributed by atoms with Gasteiger partial charge in [0.15, 0.2) is 0 Å². The van der Waals surface area contributed by atoms with Crippen molar-refractivity contribution in [3.05, 3.63) is 35.0 Å². The minimum absolute atomic E-state index is 0.321. The van der Waals surface area contributed by atoms with Crippen molar-refractivity contribution in [2.45, 2.75) is 23.7 Å². The number of rotatable bonds is 6. The fourth-order valence-corrected chi connectivity index (χ4v) is 4.24. The predicted molar refractivity (Wildman–Crippen MR) is 74.4 cm³/mol. The van der Waals surface area contributed by atoms with Crippen LogP contribution >= 0.6 is 11.3 Å². The number of hydrogen-bond donors (Lipinski definition) is 3. The predicted octanol–water partition coefficient (Wildman–Crippen LogP) is 1.23. The number of thiophene rings is 1. The first-order chi connectivity index (χ1) is 9.03. The van der Waals surface area contributed by atoms with Crippen molar-refractivity contribution in [1.29, 1.82) is 0 Å². The quantitative estimate of drug-likeness (QED) is 0.749. The van der Waals surface area contributed by atoms with Crippen LogP contribution in [0, 0.1) is 0 Å². The lowest BCUT2D eigenvalue weighted by atomic mass is 10.2. The maximum absolute atomic E-state index is 12.2. The van der Waals surface area contributed by atoms with E-state index in [9.17, 15) is 8.42 Å². The maximum atomic E-state index is 12.2. The van der Waals surface area contributed by atoms with E-state index >= 15 is 0 Å². The number of hydrogen-bond acceptors (Lipinski definition) is 5.